The molecule has 9 heteroatoms. The van der Waals surface area contributed by atoms with Crippen molar-refractivity contribution < 1.29 is 28.8 Å². The third-order valence-electron chi connectivity index (χ3n) is 6.30. The van der Waals surface area contributed by atoms with E-state index in [0.29, 0.717) is 5.56 Å². The van der Waals surface area contributed by atoms with Crippen LogP contribution >= 0.6 is 0 Å². The largest absolute Gasteiger partial charge is 0.495 e. The lowest BCUT2D eigenvalue weighted by Crippen LogP contribution is -2.45. The van der Waals surface area contributed by atoms with E-state index in [1.807, 2.05) is 40.7 Å². The standard InChI is InChI=1S/C20H27BN2O6/c1-11-13-10-23(15(17(22)26)8-9-16(24)25)18(27)12(13)6-7-14(11)21-28-19(2,3)20(4,5)29-21/h6-7,15H,8-10H2,1-5H3,(H2,22,26)(H,24,25). The number of primary amides is 1. The highest BCUT2D eigenvalue weighted by Gasteiger charge is 2.52. The zero-order chi connectivity index (χ0) is 21.7. The van der Waals surface area contributed by atoms with Crippen molar-refractivity contribution in [2.75, 3.05) is 0 Å². The summed E-state index contributed by atoms with van der Waals surface area (Å²) in [6.45, 7) is 9.98. The summed E-state index contributed by atoms with van der Waals surface area (Å²) in [5.41, 5.74) is 7.45. The van der Waals surface area contributed by atoms with E-state index in [9.17, 15) is 14.4 Å². The Balaban J connectivity index is 1.90. The zero-order valence-electron chi connectivity index (χ0n) is 17.4. The highest BCUT2D eigenvalue weighted by molar-refractivity contribution is 6.62. The molecule has 1 aromatic rings. The Hall–Kier alpha value is -2.39. The van der Waals surface area contributed by atoms with Crippen LogP contribution in [0, 0.1) is 6.92 Å². The molecule has 0 saturated carbocycles. The lowest BCUT2D eigenvalue weighted by Gasteiger charge is -2.32. The lowest BCUT2D eigenvalue weighted by atomic mass is 9.74. The normalized spacial score (nSPS) is 20.7. The third kappa shape index (κ3) is 3.64. The van der Waals surface area contributed by atoms with Crippen molar-refractivity contribution in [3.8, 4) is 0 Å². The molecule has 0 spiro atoms. The number of hydrogen-bond acceptors (Lipinski definition) is 5. The van der Waals surface area contributed by atoms with Crippen LogP contribution in [0.1, 0.15) is 62.0 Å². The summed E-state index contributed by atoms with van der Waals surface area (Å²) < 4.78 is 12.3. The molecule has 1 atom stereocenters. The SMILES string of the molecule is Cc1c(B2OC(C)(C)C(C)(C)O2)ccc2c1CN(C(CCC(=O)O)C(N)=O)C2=O. The summed E-state index contributed by atoms with van der Waals surface area (Å²) in [6.07, 6.45) is -0.264. The molecule has 1 unspecified atom stereocenters. The van der Waals surface area contributed by atoms with Gasteiger partial charge in [0, 0.05) is 18.5 Å². The summed E-state index contributed by atoms with van der Waals surface area (Å²) >= 11 is 0. The maximum absolute atomic E-state index is 12.9. The molecule has 3 rings (SSSR count). The van der Waals surface area contributed by atoms with E-state index in [2.05, 4.69) is 0 Å². The van der Waals surface area contributed by atoms with Gasteiger partial charge in [0.15, 0.2) is 0 Å². The number of benzene rings is 1. The van der Waals surface area contributed by atoms with Gasteiger partial charge >= 0.3 is 13.1 Å². The van der Waals surface area contributed by atoms with Gasteiger partial charge in [0.25, 0.3) is 5.91 Å². The summed E-state index contributed by atoms with van der Waals surface area (Å²) in [5, 5.41) is 8.93. The van der Waals surface area contributed by atoms with Gasteiger partial charge in [-0.2, -0.15) is 0 Å². The van der Waals surface area contributed by atoms with Crippen molar-refractivity contribution in [2.45, 2.75) is 71.2 Å². The van der Waals surface area contributed by atoms with Crippen molar-refractivity contribution in [1.29, 1.82) is 0 Å². The number of carboxylic acid groups (broad SMARTS) is 1. The van der Waals surface area contributed by atoms with Crippen LogP contribution in [-0.2, 0) is 25.4 Å². The number of aliphatic carboxylic acids is 1. The first-order valence-corrected chi connectivity index (χ1v) is 9.66. The Kier molecular flexibility index (Phi) is 5.25. The lowest BCUT2D eigenvalue weighted by molar-refractivity contribution is -0.137. The minimum absolute atomic E-state index is 0.0203. The van der Waals surface area contributed by atoms with Crippen LogP contribution in [-0.4, -0.2) is 52.2 Å². The van der Waals surface area contributed by atoms with Gasteiger partial charge in [-0.3, -0.25) is 14.4 Å². The number of carbonyl (C=O) groups excluding carboxylic acids is 2. The van der Waals surface area contributed by atoms with Gasteiger partial charge in [-0.05, 0) is 63.7 Å². The number of rotatable bonds is 6. The number of hydrogen-bond donors (Lipinski definition) is 2. The maximum Gasteiger partial charge on any atom is 0.495 e. The quantitative estimate of drug-likeness (QED) is 0.685. The summed E-state index contributed by atoms with van der Waals surface area (Å²) in [5.74, 6) is -2.08. The van der Waals surface area contributed by atoms with Crippen molar-refractivity contribution in [1.82, 2.24) is 4.90 Å². The molecule has 8 nitrogen and oxygen atoms in total. The molecule has 3 N–H and O–H groups in total. The Morgan fingerprint density at radius 3 is 2.34 bits per heavy atom. The van der Waals surface area contributed by atoms with Crippen LogP contribution in [0.4, 0.5) is 0 Å². The predicted molar refractivity (Wildman–Crippen MR) is 107 cm³/mol. The molecule has 29 heavy (non-hydrogen) atoms. The number of nitrogens with zero attached hydrogens (tertiary/aromatic N) is 1. The molecule has 2 aliphatic heterocycles. The first-order chi connectivity index (χ1) is 13.4. The average molecular weight is 402 g/mol. The Bertz CT molecular complexity index is 866. The van der Waals surface area contributed by atoms with Crippen LogP contribution < -0.4 is 11.2 Å². The van der Waals surface area contributed by atoms with Crippen molar-refractivity contribution in [2.24, 2.45) is 5.73 Å². The fourth-order valence-corrected chi connectivity index (χ4v) is 3.76. The fraction of sp³-hybridized carbons (Fsp3) is 0.550. The molecule has 156 valence electrons. The highest BCUT2D eigenvalue weighted by Crippen LogP contribution is 2.37. The van der Waals surface area contributed by atoms with Gasteiger partial charge in [-0.25, -0.2) is 0 Å². The monoisotopic (exact) mass is 402 g/mol. The minimum atomic E-state index is -1.04. The summed E-state index contributed by atoms with van der Waals surface area (Å²) in [4.78, 5) is 37.0. The molecule has 1 saturated heterocycles. The van der Waals surface area contributed by atoms with Crippen LogP contribution in [0.2, 0.25) is 0 Å². The average Bonchev–Trinajstić information content (AvgIpc) is 3.02. The number of fused-ring (bicyclic) bond motifs is 1. The number of carboxylic acids is 1. The molecule has 2 amide bonds. The second-order valence-corrected chi connectivity index (χ2v) is 8.68. The third-order valence-corrected chi connectivity index (χ3v) is 6.30. The van der Waals surface area contributed by atoms with Crippen molar-refractivity contribution >= 4 is 30.4 Å². The Labute approximate surface area is 170 Å². The smallest absolute Gasteiger partial charge is 0.481 e. The Morgan fingerprint density at radius 2 is 1.83 bits per heavy atom. The number of nitrogens with two attached hydrogens (primary N) is 1. The van der Waals surface area contributed by atoms with E-state index in [4.69, 9.17) is 20.1 Å². The highest BCUT2D eigenvalue weighted by atomic mass is 16.7. The van der Waals surface area contributed by atoms with Gasteiger partial charge in [-0.1, -0.05) is 6.07 Å². The van der Waals surface area contributed by atoms with Gasteiger partial charge in [-0.15, -0.1) is 0 Å². The zero-order valence-corrected chi connectivity index (χ0v) is 17.4. The maximum atomic E-state index is 12.9. The van der Waals surface area contributed by atoms with E-state index in [0.717, 1.165) is 16.6 Å². The van der Waals surface area contributed by atoms with E-state index in [-0.39, 0.29) is 25.3 Å². The van der Waals surface area contributed by atoms with Crippen molar-refractivity contribution in [3.05, 3.63) is 28.8 Å². The van der Waals surface area contributed by atoms with E-state index < -0.39 is 36.2 Å². The van der Waals surface area contributed by atoms with Crippen LogP contribution in [0.15, 0.2) is 12.1 Å². The second kappa shape index (κ2) is 7.14. The van der Waals surface area contributed by atoms with E-state index in [1.165, 1.54) is 4.90 Å². The fourth-order valence-electron chi connectivity index (χ4n) is 3.76. The molecule has 1 fully saturated rings. The van der Waals surface area contributed by atoms with Gasteiger partial charge in [0.1, 0.15) is 6.04 Å². The predicted octanol–water partition coefficient (Wildman–Crippen LogP) is 0.969. The molecule has 0 aromatic heterocycles. The summed E-state index contributed by atoms with van der Waals surface area (Å²) in [7, 11) is -0.562. The number of amides is 2. The number of carbonyl (C=O) groups is 3. The topological polar surface area (TPSA) is 119 Å². The second-order valence-electron chi connectivity index (χ2n) is 8.68. The van der Waals surface area contributed by atoms with Gasteiger partial charge in [0.2, 0.25) is 5.91 Å². The van der Waals surface area contributed by atoms with Gasteiger partial charge < -0.3 is 25.0 Å². The molecular formula is C20H27BN2O6. The van der Waals surface area contributed by atoms with Crippen LogP contribution in [0.5, 0.6) is 0 Å². The first kappa shape index (κ1) is 21.3. The molecule has 2 aliphatic rings. The summed E-state index contributed by atoms with van der Waals surface area (Å²) in [6, 6.07) is 2.56. The Morgan fingerprint density at radius 1 is 1.24 bits per heavy atom. The molecule has 2 heterocycles. The van der Waals surface area contributed by atoms with E-state index >= 15 is 0 Å². The first-order valence-electron chi connectivity index (χ1n) is 9.66. The van der Waals surface area contributed by atoms with Gasteiger partial charge in [0.05, 0.1) is 11.2 Å². The van der Waals surface area contributed by atoms with Crippen LogP contribution in [0.3, 0.4) is 0 Å². The van der Waals surface area contributed by atoms with Crippen molar-refractivity contribution in [3.63, 3.8) is 0 Å². The molecule has 0 bridgehead atoms. The molecule has 0 aliphatic carbocycles. The molecular weight excluding hydrogens is 375 g/mol. The van der Waals surface area contributed by atoms with E-state index in [1.54, 1.807) is 6.07 Å². The van der Waals surface area contributed by atoms with Crippen LogP contribution in [0.25, 0.3) is 0 Å². The minimum Gasteiger partial charge on any atom is -0.481 e. The molecule has 1 aromatic carbocycles. The molecule has 0 radical (unpaired) electrons.